The molecule has 17 heavy (non-hydrogen) atoms. The van der Waals surface area contributed by atoms with Crippen molar-refractivity contribution >= 4 is 23.6 Å². The van der Waals surface area contributed by atoms with Crippen LogP contribution in [0, 0.1) is 0 Å². The lowest BCUT2D eigenvalue weighted by Gasteiger charge is -2.33. The molecular weight excluding hydrogens is 240 g/mol. The van der Waals surface area contributed by atoms with Crippen LogP contribution in [0.3, 0.4) is 0 Å². The summed E-state index contributed by atoms with van der Waals surface area (Å²) in [5.74, 6) is -0.0502. The van der Waals surface area contributed by atoms with Crippen molar-refractivity contribution in [2.45, 2.75) is 31.6 Å². The quantitative estimate of drug-likeness (QED) is 0.578. The van der Waals surface area contributed by atoms with E-state index in [0.717, 1.165) is 12.2 Å². The van der Waals surface area contributed by atoms with Gasteiger partial charge in [0.2, 0.25) is 0 Å². The lowest BCUT2D eigenvalue weighted by atomic mass is 10.2. The third-order valence-electron chi connectivity index (χ3n) is 2.71. The molecule has 1 heterocycles. The van der Waals surface area contributed by atoms with Crippen LogP contribution in [0.4, 0.5) is 0 Å². The zero-order valence-electron chi connectivity index (χ0n) is 10.3. The number of hydrogen-bond acceptors (Lipinski definition) is 5. The van der Waals surface area contributed by atoms with Crippen LogP contribution in [0.2, 0.25) is 0 Å². The van der Waals surface area contributed by atoms with Gasteiger partial charge in [0, 0.05) is 24.1 Å². The Labute approximate surface area is 106 Å². The Kier molecular flexibility index (Phi) is 5.77. The van der Waals surface area contributed by atoms with Gasteiger partial charge >= 0.3 is 5.97 Å². The zero-order valence-corrected chi connectivity index (χ0v) is 11.2. The van der Waals surface area contributed by atoms with Gasteiger partial charge in [-0.15, -0.1) is 0 Å². The minimum Gasteiger partial charge on any atom is -0.464 e. The molecule has 1 aliphatic rings. The van der Waals surface area contributed by atoms with Crippen LogP contribution in [-0.4, -0.2) is 53.5 Å². The monoisotopic (exact) mass is 260 g/mol. The maximum atomic E-state index is 12.0. The van der Waals surface area contributed by atoms with Gasteiger partial charge in [-0.2, -0.15) is 11.8 Å². The first-order valence-corrected chi connectivity index (χ1v) is 6.97. The van der Waals surface area contributed by atoms with E-state index in [9.17, 15) is 9.59 Å². The molecule has 98 valence electrons. The van der Waals surface area contributed by atoms with E-state index < -0.39 is 12.0 Å². The number of ether oxygens (including phenoxy) is 1. The number of carbonyl (C=O) groups excluding carboxylic acids is 2. The van der Waals surface area contributed by atoms with E-state index in [0.29, 0.717) is 18.3 Å². The van der Waals surface area contributed by atoms with E-state index in [2.05, 4.69) is 6.92 Å². The van der Waals surface area contributed by atoms with E-state index in [1.165, 1.54) is 0 Å². The fraction of sp³-hybridized carbons (Fsp3) is 0.818. The second-order valence-corrected chi connectivity index (χ2v) is 5.32. The van der Waals surface area contributed by atoms with Gasteiger partial charge < -0.3 is 15.4 Å². The normalized spacial score (nSPS) is 22.1. The molecule has 2 unspecified atom stereocenters. The van der Waals surface area contributed by atoms with E-state index >= 15 is 0 Å². The number of hydrogen-bond donors (Lipinski definition) is 1. The summed E-state index contributed by atoms with van der Waals surface area (Å²) in [7, 11) is 0. The molecule has 1 aliphatic heterocycles. The zero-order chi connectivity index (χ0) is 12.8. The summed E-state index contributed by atoms with van der Waals surface area (Å²) < 4.78 is 4.75. The minimum atomic E-state index is -1.17. The van der Waals surface area contributed by atoms with Gasteiger partial charge in [0.05, 0.1) is 6.61 Å². The molecule has 0 saturated carbocycles. The van der Waals surface area contributed by atoms with Gasteiger partial charge in [-0.25, -0.2) is 4.79 Å². The van der Waals surface area contributed by atoms with Gasteiger partial charge in [0.1, 0.15) is 0 Å². The van der Waals surface area contributed by atoms with Crippen LogP contribution in [0.15, 0.2) is 0 Å². The van der Waals surface area contributed by atoms with Crippen LogP contribution in [0.5, 0.6) is 0 Å². The molecule has 0 radical (unpaired) electrons. The van der Waals surface area contributed by atoms with Crippen LogP contribution >= 0.6 is 11.8 Å². The highest BCUT2D eigenvalue weighted by molar-refractivity contribution is 8.00. The number of amides is 1. The van der Waals surface area contributed by atoms with Gasteiger partial charge in [0.15, 0.2) is 6.04 Å². The van der Waals surface area contributed by atoms with E-state index in [1.807, 2.05) is 11.8 Å². The topological polar surface area (TPSA) is 72.6 Å². The van der Waals surface area contributed by atoms with Crippen molar-refractivity contribution in [2.24, 2.45) is 5.73 Å². The van der Waals surface area contributed by atoms with Crippen molar-refractivity contribution in [1.82, 2.24) is 4.90 Å². The average Bonchev–Trinajstić information content (AvgIpc) is 2.37. The van der Waals surface area contributed by atoms with Crippen molar-refractivity contribution in [1.29, 1.82) is 0 Å². The molecule has 2 N–H and O–H groups in total. The Bertz CT molecular complexity index is 286. The van der Waals surface area contributed by atoms with Crippen molar-refractivity contribution < 1.29 is 14.3 Å². The Hall–Kier alpha value is -0.750. The Morgan fingerprint density at radius 2 is 2.24 bits per heavy atom. The molecule has 1 amide bonds. The Morgan fingerprint density at radius 1 is 1.53 bits per heavy atom. The number of esters is 1. The molecular formula is C11H20N2O3S. The molecule has 0 aromatic heterocycles. The van der Waals surface area contributed by atoms with Crippen LogP contribution in [0.25, 0.3) is 0 Å². The first-order chi connectivity index (χ1) is 8.10. The first-order valence-electron chi connectivity index (χ1n) is 5.92. The highest BCUT2D eigenvalue weighted by Crippen LogP contribution is 2.21. The first kappa shape index (κ1) is 14.3. The van der Waals surface area contributed by atoms with E-state index in [4.69, 9.17) is 10.5 Å². The molecule has 1 rings (SSSR count). The number of nitrogens with two attached hydrogens (primary N) is 1. The fourth-order valence-corrected chi connectivity index (χ4v) is 2.88. The highest BCUT2D eigenvalue weighted by Gasteiger charge is 2.31. The van der Waals surface area contributed by atoms with Gasteiger partial charge in [-0.3, -0.25) is 4.79 Å². The molecule has 0 spiro atoms. The molecule has 1 fully saturated rings. The largest absolute Gasteiger partial charge is 0.464 e. The maximum absolute atomic E-state index is 12.0. The summed E-state index contributed by atoms with van der Waals surface area (Å²) >= 11 is 1.86. The van der Waals surface area contributed by atoms with Crippen molar-refractivity contribution in [3.05, 3.63) is 0 Å². The minimum absolute atomic E-state index is 0.243. The fourth-order valence-electron chi connectivity index (χ4n) is 1.70. The molecule has 0 bridgehead atoms. The average molecular weight is 260 g/mol. The summed E-state index contributed by atoms with van der Waals surface area (Å²) in [5, 5.41) is 0.446. The number of carbonyl (C=O) groups is 2. The second-order valence-electron chi connectivity index (χ2n) is 3.92. The van der Waals surface area contributed by atoms with Crippen LogP contribution in [-0.2, 0) is 14.3 Å². The Morgan fingerprint density at radius 3 is 2.82 bits per heavy atom. The molecule has 0 aliphatic carbocycles. The SMILES string of the molecule is CCOC(=O)C(N)C(=O)N1CCSC(CC)C1. The van der Waals surface area contributed by atoms with Crippen molar-refractivity contribution in [3.63, 3.8) is 0 Å². The predicted molar refractivity (Wildman–Crippen MR) is 67.7 cm³/mol. The number of rotatable bonds is 4. The lowest BCUT2D eigenvalue weighted by molar-refractivity contribution is -0.150. The molecule has 5 nitrogen and oxygen atoms in total. The van der Waals surface area contributed by atoms with E-state index in [-0.39, 0.29) is 12.5 Å². The van der Waals surface area contributed by atoms with Gasteiger partial charge in [0.25, 0.3) is 5.91 Å². The van der Waals surface area contributed by atoms with Gasteiger partial charge in [-0.1, -0.05) is 6.92 Å². The predicted octanol–water partition coefficient (Wildman–Crippen LogP) is 0.231. The second kappa shape index (κ2) is 6.86. The Balaban J connectivity index is 2.53. The van der Waals surface area contributed by atoms with Crippen LogP contribution < -0.4 is 5.73 Å². The van der Waals surface area contributed by atoms with Crippen LogP contribution in [0.1, 0.15) is 20.3 Å². The maximum Gasteiger partial charge on any atom is 0.332 e. The van der Waals surface area contributed by atoms with E-state index in [1.54, 1.807) is 11.8 Å². The third kappa shape index (κ3) is 3.89. The molecule has 2 atom stereocenters. The summed E-state index contributed by atoms with van der Waals surface area (Å²) in [4.78, 5) is 25.0. The molecule has 0 aromatic rings. The van der Waals surface area contributed by atoms with Crippen molar-refractivity contribution in [3.8, 4) is 0 Å². The summed E-state index contributed by atoms with van der Waals surface area (Å²) in [5.41, 5.74) is 5.59. The molecule has 6 heteroatoms. The third-order valence-corrected chi connectivity index (χ3v) is 4.08. The highest BCUT2D eigenvalue weighted by atomic mass is 32.2. The van der Waals surface area contributed by atoms with Crippen molar-refractivity contribution in [2.75, 3.05) is 25.4 Å². The lowest BCUT2D eigenvalue weighted by Crippen LogP contribution is -2.52. The molecule has 0 aromatic carbocycles. The summed E-state index contributed by atoms with van der Waals surface area (Å²) in [6, 6.07) is -1.17. The standard InChI is InChI=1S/C11H20N2O3S/c1-3-8-7-13(5-6-17-8)10(14)9(12)11(15)16-4-2/h8-9H,3-7,12H2,1-2H3. The smallest absolute Gasteiger partial charge is 0.332 e. The number of nitrogens with zero attached hydrogens (tertiary/aromatic N) is 1. The summed E-state index contributed by atoms with van der Waals surface area (Å²) in [6.45, 7) is 5.37. The molecule has 1 saturated heterocycles. The summed E-state index contributed by atoms with van der Waals surface area (Å²) in [6.07, 6.45) is 1.02. The van der Waals surface area contributed by atoms with Gasteiger partial charge in [-0.05, 0) is 13.3 Å². The number of thioether (sulfide) groups is 1.